The Balaban J connectivity index is 1.66. The number of nitro benzene ring substituents is 1. The fourth-order valence-corrected chi connectivity index (χ4v) is 4.79. The molecule has 0 saturated heterocycles. The van der Waals surface area contributed by atoms with Crippen molar-refractivity contribution in [2.24, 2.45) is 4.99 Å². The fraction of sp³-hybridized carbons (Fsp3) is 0.207. The third-order valence-electron chi connectivity index (χ3n) is 6.70. The van der Waals surface area contributed by atoms with Gasteiger partial charge < -0.3 is 9.67 Å². The summed E-state index contributed by atoms with van der Waals surface area (Å²) in [6, 6.07) is 23.0. The molecule has 176 valence electrons. The van der Waals surface area contributed by atoms with Crippen LogP contribution in [0.3, 0.4) is 0 Å². The van der Waals surface area contributed by atoms with Gasteiger partial charge in [-0.3, -0.25) is 15.1 Å². The second-order valence-corrected chi connectivity index (χ2v) is 9.04. The molecule has 6 heteroatoms. The van der Waals surface area contributed by atoms with Crippen LogP contribution in [0.1, 0.15) is 53.3 Å². The van der Waals surface area contributed by atoms with Gasteiger partial charge in [-0.25, -0.2) is 0 Å². The van der Waals surface area contributed by atoms with Gasteiger partial charge in [0.2, 0.25) is 5.88 Å². The molecule has 1 unspecified atom stereocenters. The quantitative estimate of drug-likeness (QED) is 0.257. The van der Waals surface area contributed by atoms with Crippen LogP contribution in [0, 0.1) is 17.0 Å². The number of fused-ring (bicyclic) bond motifs is 1. The van der Waals surface area contributed by atoms with E-state index in [1.165, 1.54) is 17.7 Å². The Morgan fingerprint density at radius 2 is 1.54 bits per heavy atom. The molecule has 0 radical (unpaired) electrons. The molecule has 1 aromatic heterocycles. The highest BCUT2D eigenvalue weighted by molar-refractivity contribution is 6.18. The monoisotopic (exact) mass is 465 g/mol. The van der Waals surface area contributed by atoms with Crippen LogP contribution in [-0.2, 0) is 13.0 Å². The third-order valence-corrected chi connectivity index (χ3v) is 6.70. The molecule has 0 amide bonds. The molecule has 4 aromatic rings. The summed E-state index contributed by atoms with van der Waals surface area (Å²) in [4.78, 5) is 15.6. The summed E-state index contributed by atoms with van der Waals surface area (Å²) in [5, 5.41) is 22.7. The van der Waals surface area contributed by atoms with Gasteiger partial charge in [-0.05, 0) is 37.0 Å². The maximum absolute atomic E-state index is 11.6. The molecule has 6 nitrogen and oxygen atoms in total. The van der Waals surface area contributed by atoms with Gasteiger partial charge in [-0.2, -0.15) is 0 Å². The highest BCUT2D eigenvalue weighted by atomic mass is 16.6. The fourth-order valence-electron chi connectivity index (χ4n) is 4.79. The zero-order valence-electron chi connectivity index (χ0n) is 20.0. The molecule has 35 heavy (non-hydrogen) atoms. The Morgan fingerprint density at radius 3 is 2.14 bits per heavy atom. The topological polar surface area (TPSA) is 80.7 Å². The summed E-state index contributed by atoms with van der Waals surface area (Å²) in [6.45, 7) is 6.61. The summed E-state index contributed by atoms with van der Waals surface area (Å²) in [7, 11) is 0. The molecule has 2 heterocycles. The van der Waals surface area contributed by atoms with Crippen molar-refractivity contribution in [3.8, 4) is 17.1 Å². The van der Waals surface area contributed by atoms with Gasteiger partial charge in [0.1, 0.15) is 0 Å². The zero-order valence-corrected chi connectivity index (χ0v) is 20.0. The normalized spacial score (nSPS) is 14.6. The Morgan fingerprint density at radius 1 is 0.943 bits per heavy atom. The number of benzene rings is 3. The Kier molecular flexibility index (Phi) is 5.73. The second-order valence-electron chi connectivity index (χ2n) is 9.04. The van der Waals surface area contributed by atoms with Crippen molar-refractivity contribution >= 4 is 11.4 Å². The number of nitrogens with zero attached hydrogens (tertiary/aromatic N) is 3. The first kappa shape index (κ1) is 22.6. The maximum atomic E-state index is 11.6. The summed E-state index contributed by atoms with van der Waals surface area (Å²) in [6.07, 6.45) is 0.961. The molecule has 0 aliphatic carbocycles. The van der Waals surface area contributed by atoms with E-state index in [0.717, 1.165) is 51.2 Å². The molecule has 0 saturated carbocycles. The predicted octanol–water partition coefficient (Wildman–Crippen LogP) is 6.60. The average molecular weight is 466 g/mol. The van der Waals surface area contributed by atoms with Crippen molar-refractivity contribution in [2.45, 2.75) is 39.8 Å². The third kappa shape index (κ3) is 4.01. The van der Waals surface area contributed by atoms with Gasteiger partial charge >= 0.3 is 0 Å². The first-order valence-electron chi connectivity index (χ1n) is 11.8. The van der Waals surface area contributed by atoms with E-state index < -0.39 is 4.92 Å². The number of rotatable bonds is 6. The van der Waals surface area contributed by atoms with Crippen molar-refractivity contribution in [2.75, 3.05) is 0 Å². The Bertz CT molecular complexity index is 1430. The highest BCUT2D eigenvalue weighted by Crippen LogP contribution is 2.46. The maximum Gasteiger partial charge on any atom is 0.269 e. The van der Waals surface area contributed by atoms with E-state index in [1.54, 1.807) is 12.1 Å². The van der Waals surface area contributed by atoms with Crippen LogP contribution in [0.2, 0.25) is 0 Å². The smallest absolute Gasteiger partial charge is 0.269 e. The Hall–Kier alpha value is -4.19. The standard InChI is InChI=1S/C29H27N3O3/c1-4-20-7-13-22(14-8-20)27-26-25(19(3)30-27)28(23-11-5-18(2)6-12-23)31(29(26)33)17-21-9-15-24(16-10-21)32(34)35/h5-16,19,33H,4,17H2,1-3H3. The van der Waals surface area contributed by atoms with Crippen LogP contribution < -0.4 is 0 Å². The van der Waals surface area contributed by atoms with Crippen molar-refractivity contribution in [1.29, 1.82) is 0 Å². The zero-order chi connectivity index (χ0) is 24.7. The number of non-ortho nitro benzene ring substituents is 1. The molecule has 0 bridgehead atoms. The van der Waals surface area contributed by atoms with Gasteiger partial charge in [-0.15, -0.1) is 0 Å². The Labute approximate surface area is 204 Å². The molecule has 0 spiro atoms. The number of hydrogen-bond acceptors (Lipinski definition) is 4. The SMILES string of the molecule is CCc1ccc(C2=NC(C)c3c2c(O)n(Cc2ccc([N+](=O)[O-])cc2)c3-c2ccc(C)cc2)cc1. The molecular formula is C29H27N3O3. The highest BCUT2D eigenvalue weighted by Gasteiger charge is 2.34. The number of aryl methyl sites for hydroxylation is 2. The molecule has 1 atom stereocenters. The molecule has 0 fully saturated rings. The van der Waals surface area contributed by atoms with Crippen LogP contribution >= 0.6 is 0 Å². The molecule has 1 aliphatic rings. The minimum absolute atomic E-state index is 0.0466. The number of nitro groups is 1. The number of aromatic hydroxyl groups is 1. The van der Waals surface area contributed by atoms with Crippen molar-refractivity contribution in [3.63, 3.8) is 0 Å². The molecule has 1 N–H and O–H groups in total. The first-order chi connectivity index (χ1) is 16.9. The largest absolute Gasteiger partial charge is 0.494 e. The lowest BCUT2D eigenvalue weighted by Gasteiger charge is -2.14. The van der Waals surface area contributed by atoms with Gasteiger partial charge in [0.05, 0.1) is 34.5 Å². The lowest BCUT2D eigenvalue weighted by atomic mass is 9.97. The second kappa shape index (κ2) is 8.87. The van der Waals surface area contributed by atoms with Crippen molar-refractivity contribution in [3.05, 3.63) is 116 Å². The van der Waals surface area contributed by atoms with Crippen LogP contribution in [0.4, 0.5) is 5.69 Å². The summed E-state index contributed by atoms with van der Waals surface area (Å²) >= 11 is 0. The minimum Gasteiger partial charge on any atom is -0.494 e. The van der Waals surface area contributed by atoms with Crippen LogP contribution in [0.25, 0.3) is 11.3 Å². The van der Waals surface area contributed by atoms with E-state index in [0.29, 0.717) is 6.54 Å². The molecular weight excluding hydrogens is 438 g/mol. The molecule has 5 rings (SSSR count). The summed E-state index contributed by atoms with van der Waals surface area (Å²) in [5.41, 5.74) is 8.78. The van der Waals surface area contributed by atoms with Crippen LogP contribution in [-0.4, -0.2) is 20.3 Å². The van der Waals surface area contributed by atoms with Gasteiger partial charge in [0, 0.05) is 23.3 Å². The molecule has 3 aromatic carbocycles. The lowest BCUT2D eigenvalue weighted by molar-refractivity contribution is -0.384. The predicted molar refractivity (Wildman–Crippen MR) is 138 cm³/mol. The van der Waals surface area contributed by atoms with E-state index in [1.807, 2.05) is 11.5 Å². The van der Waals surface area contributed by atoms with E-state index in [-0.39, 0.29) is 17.6 Å². The van der Waals surface area contributed by atoms with Gasteiger partial charge in [0.15, 0.2) is 0 Å². The van der Waals surface area contributed by atoms with Crippen LogP contribution in [0.5, 0.6) is 5.88 Å². The minimum atomic E-state index is -0.405. The number of aliphatic imine (C=N–C) groups is 1. The van der Waals surface area contributed by atoms with Crippen LogP contribution in [0.15, 0.2) is 77.8 Å². The number of hydrogen-bond donors (Lipinski definition) is 1. The lowest BCUT2D eigenvalue weighted by Crippen LogP contribution is -2.05. The van der Waals surface area contributed by atoms with E-state index >= 15 is 0 Å². The van der Waals surface area contributed by atoms with E-state index in [9.17, 15) is 15.2 Å². The van der Waals surface area contributed by atoms with Gasteiger partial charge in [-0.1, -0.05) is 73.2 Å². The molecule has 1 aliphatic heterocycles. The average Bonchev–Trinajstić information content (AvgIpc) is 3.35. The summed E-state index contributed by atoms with van der Waals surface area (Å²) < 4.78 is 1.90. The first-order valence-corrected chi connectivity index (χ1v) is 11.8. The van der Waals surface area contributed by atoms with Crippen molar-refractivity contribution < 1.29 is 10.0 Å². The van der Waals surface area contributed by atoms with E-state index in [2.05, 4.69) is 62.4 Å². The summed E-state index contributed by atoms with van der Waals surface area (Å²) in [5.74, 6) is 0.164. The van der Waals surface area contributed by atoms with E-state index in [4.69, 9.17) is 4.99 Å². The van der Waals surface area contributed by atoms with Gasteiger partial charge in [0.25, 0.3) is 5.69 Å². The van der Waals surface area contributed by atoms with Crippen molar-refractivity contribution in [1.82, 2.24) is 4.57 Å². The number of aromatic nitrogens is 1.